The highest BCUT2D eigenvalue weighted by Gasteiger charge is 2.25. The Balaban J connectivity index is 1.87. The topological polar surface area (TPSA) is 57.6 Å². The van der Waals surface area contributed by atoms with Crippen LogP contribution in [0.1, 0.15) is 61.9 Å². The van der Waals surface area contributed by atoms with Gasteiger partial charge in [0.25, 0.3) is 0 Å². The molecule has 24 heavy (non-hydrogen) atoms. The number of piperidine rings is 1. The molecule has 0 aliphatic carbocycles. The molecule has 1 aliphatic rings. The van der Waals surface area contributed by atoms with Gasteiger partial charge in [0.15, 0.2) is 0 Å². The molecule has 1 heterocycles. The van der Waals surface area contributed by atoms with Gasteiger partial charge in [-0.05, 0) is 42.7 Å². The number of aromatic carboxylic acids is 1. The van der Waals surface area contributed by atoms with Gasteiger partial charge in [0.1, 0.15) is 0 Å². The van der Waals surface area contributed by atoms with Crippen molar-refractivity contribution in [1.82, 2.24) is 4.90 Å². The van der Waals surface area contributed by atoms with Crippen LogP contribution < -0.4 is 0 Å². The first kappa shape index (κ1) is 18.5. The second kappa shape index (κ2) is 8.86. The lowest BCUT2D eigenvalue weighted by atomic mass is 9.88. The van der Waals surface area contributed by atoms with E-state index >= 15 is 0 Å². The number of amides is 1. The van der Waals surface area contributed by atoms with Crippen molar-refractivity contribution in [3.63, 3.8) is 0 Å². The maximum Gasteiger partial charge on any atom is 0.335 e. The van der Waals surface area contributed by atoms with Crippen molar-refractivity contribution in [2.24, 2.45) is 11.8 Å². The molecule has 1 amide bonds. The zero-order valence-corrected chi connectivity index (χ0v) is 14.8. The monoisotopic (exact) mass is 331 g/mol. The summed E-state index contributed by atoms with van der Waals surface area (Å²) < 4.78 is 0. The molecule has 0 bridgehead atoms. The van der Waals surface area contributed by atoms with Crippen molar-refractivity contribution >= 4 is 11.9 Å². The first-order valence-corrected chi connectivity index (χ1v) is 9.14. The number of carbonyl (C=O) groups excluding carboxylic acids is 1. The van der Waals surface area contributed by atoms with Crippen LogP contribution in [0.4, 0.5) is 0 Å². The van der Waals surface area contributed by atoms with E-state index in [0.29, 0.717) is 23.8 Å². The third-order valence-electron chi connectivity index (χ3n) is 5.34. The van der Waals surface area contributed by atoms with Crippen molar-refractivity contribution in [2.45, 2.75) is 52.4 Å². The van der Waals surface area contributed by atoms with Crippen molar-refractivity contribution < 1.29 is 14.7 Å². The minimum absolute atomic E-state index is 0.285. The first-order chi connectivity index (χ1) is 11.5. The molecule has 0 radical (unpaired) electrons. The van der Waals surface area contributed by atoms with Crippen LogP contribution in [0.3, 0.4) is 0 Å². The number of carboxylic acid groups (broad SMARTS) is 1. The quantitative estimate of drug-likeness (QED) is 0.822. The molecular weight excluding hydrogens is 302 g/mol. The van der Waals surface area contributed by atoms with Crippen molar-refractivity contribution in [1.29, 1.82) is 0 Å². The van der Waals surface area contributed by atoms with Crippen LogP contribution in [0.15, 0.2) is 24.3 Å². The highest BCUT2D eigenvalue weighted by atomic mass is 16.4. The molecule has 4 nitrogen and oxygen atoms in total. The number of hydrogen-bond acceptors (Lipinski definition) is 2. The van der Waals surface area contributed by atoms with E-state index in [9.17, 15) is 14.7 Å². The third-order valence-corrected chi connectivity index (χ3v) is 5.34. The number of carboxylic acids is 1. The number of rotatable bonds is 7. The van der Waals surface area contributed by atoms with Gasteiger partial charge < -0.3 is 10.0 Å². The molecule has 0 spiro atoms. The van der Waals surface area contributed by atoms with Crippen LogP contribution in [0, 0.1) is 11.8 Å². The van der Waals surface area contributed by atoms with Crippen LogP contribution in [0.5, 0.6) is 0 Å². The van der Waals surface area contributed by atoms with Gasteiger partial charge in [0.2, 0.25) is 5.91 Å². The van der Waals surface area contributed by atoms with Crippen LogP contribution in [0.25, 0.3) is 0 Å². The lowest BCUT2D eigenvalue weighted by Crippen LogP contribution is -2.39. The SMILES string of the molecule is CCC(CC)CC(=O)N1CCC(Cc2ccccc2C(=O)O)CC1. The number of likely N-dealkylation sites (tertiary alicyclic amines) is 1. The van der Waals surface area contributed by atoms with Gasteiger partial charge in [-0.1, -0.05) is 44.9 Å². The maximum absolute atomic E-state index is 12.4. The Kier molecular flexibility index (Phi) is 6.83. The molecule has 0 aromatic heterocycles. The van der Waals surface area contributed by atoms with Crippen molar-refractivity contribution in [2.75, 3.05) is 13.1 Å². The van der Waals surface area contributed by atoms with Crippen molar-refractivity contribution in [3.05, 3.63) is 35.4 Å². The average molecular weight is 331 g/mol. The van der Waals surface area contributed by atoms with Crippen LogP contribution >= 0.6 is 0 Å². The molecule has 2 rings (SSSR count). The lowest BCUT2D eigenvalue weighted by Gasteiger charge is -2.33. The van der Waals surface area contributed by atoms with E-state index < -0.39 is 5.97 Å². The van der Waals surface area contributed by atoms with Crippen LogP contribution in [0.2, 0.25) is 0 Å². The van der Waals surface area contributed by atoms with Gasteiger partial charge in [-0.25, -0.2) is 4.79 Å². The van der Waals surface area contributed by atoms with E-state index in [-0.39, 0.29) is 5.91 Å². The maximum atomic E-state index is 12.4. The standard InChI is InChI=1S/C20H29NO3/c1-3-15(4-2)14-19(22)21-11-9-16(10-12-21)13-17-7-5-6-8-18(17)20(23)24/h5-8,15-16H,3-4,9-14H2,1-2H3,(H,23,24). The molecule has 1 aromatic rings. The van der Waals surface area contributed by atoms with E-state index in [0.717, 1.165) is 50.8 Å². The van der Waals surface area contributed by atoms with E-state index in [1.165, 1.54) is 0 Å². The normalized spacial score (nSPS) is 15.7. The zero-order chi connectivity index (χ0) is 17.5. The fourth-order valence-electron chi connectivity index (χ4n) is 3.56. The van der Waals surface area contributed by atoms with E-state index in [4.69, 9.17) is 0 Å². The van der Waals surface area contributed by atoms with E-state index in [1.54, 1.807) is 12.1 Å². The minimum Gasteiger partial charge on any atom is -0.478 e. The Bertz CT molecular complexity index is 558. The molecule has 0 saturated carbocycles. The largest absolute Gasteiger partial charge is 0.478 e. The summed E-state index contributed by atoms with van der Waals surface area (Å²) >= 11 is 0. The molecule has 1 aliphatic heterocycles. The third kappa shape index (κ3) is 4.83. The highest BCUT2D eigenvalue weighted by Crippen LogP contribution is 2.25. The molecule has 132 valence electrons. The summed E-state index contributed by atoms with van der Waals surface area (Å²) in [6, 6.07) is 7.25. The van der Waals surface area contributed by atoms with Gasteiger partial charge in [-0.15, -0.1) is 0 Å². The minimum atomic E-state index is -0.858. The number of hydrogen-bond donors (Lipinski definition) is 1. The second-order valence-corrected chi connectivity index (χ2v) is 6.88. The Hall–Kier alpha value is -1.84. The number of benzene rings is 1. The Morgan fingerprint density at radius 1 is 1.17 bits per heavy atom. The zero-order valence-electron chi connectivity index (χ0n) is 14.8. The summed E-state index contributed by atoms with van der Waals surface area (Å²) in [5.41, 5.74) is 1.32. The Labute approximate surface area is 144 Å². The Morgan fingerprint density at radius 2 is 1.79 bits per heavy atom. The molecule has 1 N–H and O–H groups in total. The summed E-state index contributed by atoms with van der Waals surface area (Å²) in [4.78, 5) is 25.7. The molecule has 1 fully saturated rings. The van der Waals surface area contributed by atoms with Gasteiger partial charge in [-0.2, -0.15) is 0 Å². The van der Waals surface area contributed by atoms with Gasteiger partial charge in [0.05, 0.1) is 5.56 Å². The summed E-state index contributed by atoms with van der Waals surface area (Å²) in [6.45, 7) is 5.90. The average Bonchev–Trinajstić information content (AvgIpc) is 2.60. The molecule has 0 atom stereocenters. The second-order valence-electron chi connectivity index (χ2n) is 6.88. The van der Waals surface area contributed by atoms with E-state index in [1.807, 2.05) is 17.0 Å². The smallest absolute Gasteiger partial charge is 0.335 e. The Morgan fingerprint density at radius 3 is 2.38 bits per heavy atom. The van der Waals surface area contributed by atoms with Gasteiger partial charge in [0, 0.05) is 19.5 Å². The van der Waals surface area contributed by atoms with Gasteiger partial charge >= 0.3 is 5.97 Å². The highest BCUT2D eigenvalue weighted by molar-refractivity contribution is 5.89. The molecule has 1 aromatic carbocycles. The molecular formula is C20H29NO3. The molecule has 1 saturated heterocycles. The van der Waals surface area contributed by atoms with Crippen LogP contribution in [-0.2, 0) is 11.2 Å². The van der Waals surface area contributed by atoms with Crippen molar-refractivity contribution in [3.8, 4) is 0 Å². The van der Waals surface area contributed by atoms with E-state index in [2.05, 4.69) is 13.8 Å². The predicted molar refractivity (Wildman–Crippen MR) is 95.1 cm³/mol. The summed E-state index contributed by atoms with van der Waals surface area (Å²) in [6.07, 6.45) is 5.50. The molecule has 0 unspecified atom stereocenters. The number of nitrogens with zero attached hydrogens (tertiary/aromatic N) is 1. The fourth-order valence-corrected chi connectivity index (χ4v) is 3.56. The van der Waals surface area contributed by atoms with Gasteiger partial charge in [-0.3, -0.25) is 4.79 Å². The summed E-state index contributed by atoms with van der Waals surface area (Å²) in [5.74, 6) is 0.386. The molecule has 4 heteroatoms. The fraction of sp³-hybridized carbons (Fsp3) is 0.600. The predicted octanol–water partition coefficient (Wildman–Crippen LogP) is 3.99. The number of carbonyl (C=O) groups is 2. The lowest BCUT2D eigenvalue weighted by molar-refractivity contribution is -0.133. The summed E-state index contributed by atoms with van der Waals surface area (Å²) in [7, 11) is 0. The summed E-state index contributed by atoms with van der Waals surface area (Å²) in [5, 5.41) is 9.29. The van der Waals surface area contributed by atoms with Crippen LogP contribution in [-0.4, -0.2) is 35.0 Å². The first-order valence-electron chi connectivity index (χ1n) is 9.14.